The van der Waals surface area contributed by atoms with Crippen LogP contribution in [0.5, 0.6) is 5.75 Å². The molecular formula is C23H23NO7. The molecule has 162 valence electrons. The van der Waals surface area contributed by atoms with Crippen LogP contribution in [0.15, 0.2) is 77.5 Å². The lowest BCUT2D eigenvalue weighted by Gasteiger charge is -2.30. The smallest absolute Gasteiger partial charge is 0.489 e. The number of nitrogens with one attached hydrogen (secondary N) is 1. The predicted octanol–water partition coefficient (Wildman–Crippen LogP) is 4.89. The first kappa shape index (κ1) is 21.8. The van der Waals surface area contributed by atoms with E-state index >= 15 is 0 Å². The predicted molar refractivity (Wildman–Crippen MR) is 111 cm³/mol. The van der Waals surface area contributed by atoms with Gasteiger partial charge in [0.2, 0.25) is 0 Å². The van der Waals surface area contributed by atoms with Crippen LogP contribution < -0.4 is 10.1 Å². The number of carbonyl (C=O) groups is 2. The fourth-order valence-corrected chi connectivity index (χ4v) is 3.32. The molecular weight excluding hydrogens is 402 g/mol. The molecule has 3 rings (SSSR count). The van der Waals surface area contributed by atoms with E-state index in [1.54, 1.807) is 38.1 Å². The number of carboxylic acid groups (broad SMARTS) is 1. The third kappa shape index (κ3) is 5.16. The number of ether oxygens (including phenoxy) is 4. The van der Waals surface area contributed by atoms with E-state index in [0.29, 0.717) is 29.3 Å². The van der Waals surface area contributed by atoms with Crippen LogP contribution in [0.2, 0.25) is 0 Å². The highest BCUT2D eigenvalue weighted by Crippen LogP contribution is 2.43. The highest BCUT2D eigenvalue weighted by molar-refractivity contribution is 5.64. The van der Waals surface area contributed by atoms with Crippen LogP contribution >= 0.6 is 0 Å². The minimum absolute atomic E-state index is 0.0766. The van der Waals surface area contributed by atoms with E-state index in [9.17, 15) is 14.7 Å². The van der Waals surface area contributed by atoms with Crippen LogP contribution in [0.25, 0.3) is 0 Å². The number of benzene rings is 2. The molecule has 8 nitrogen and oxygen atoms in total. The van der Waals surface area contributed by atoms with Crippen LogP contribution in [-0.4, -0.2) is 24.5 Å². The second-order valence-electron chi connectivity index (χ2n) is 6.77. The van der Waals surface area contributed by atoms with Crippen molar-refractivity contribution in [2.24, 2.45) is 0 Å². The van der Waals surface area contributed by atoms with E-state index in [-0.39, 0.29) is 11.5 Å². The Bertz CT molecular complexity index is 1030. The molecule has 2 aromatic carbocycles. The lowest BCUT2D eigenvalue weighted by Crippen LogP contribution is -2.29. The SMILES string of the molecule is COC(=O)OC1=C(C)NC(C)=C(OC(=O)O)C1c1ccccc1OCc1ccccc1. The van der Waals surface area contributed by atoms with Gasteiger partial charge in [0, 0.05) is 5.56 Å². The monoisotopic (exact) mass is 425 g/mol. The Morgan fingerprint density at radius 3 is 2.19 bits per heavy atom. The molecule has 31 heavy (non-hydrogen) atoms. The first-order valence-electron chi connectivity index (χ1n) is 9.51. The Labute approximate surface area is 179 Å². The molecule has 0 amide bonds. The minimum Gasteiger partial charge on any atom is -0.489 e. The van der Waals surface area contributed by atoms with E-state index in [1.807, 2.05) is 30.3 Å². The zero-order chi connectivity index (χ0) is 22.4. The van der Waals surface area contributed by atoms with Gasteiger partial charge in [-0.15, -0.1) is 0 Å². The van der Waals surface area contributed by atoms with Gasteiger partial charge in [0.05, 0.1) is 18.5 Å². The van der Waals surface area contributed by atoms with E-state index in [0.717, 1.165) is 5.56 Å². The van der Waals surface area contributed by atoms with Crippen LogP contribution in [0.1, 0.15) is 30.9 Å². The van der Waals surface area contributed by atoms with Gasteiger partial charge in [-0.25, -0.2) is 9.59 Å². The Morgan fingerprint density at radius 2 is 1.55 bits per heavy atom. The summed E-state index contributed by atoms with van der Waals surface area (Å²) in [6, 6.07) is 16.7. The Morgan fingerprint density at radius 1 is 0.935 bits per heavy atom. The Balaban J connectivity index is 2.04. The number of dihydropyridines is 1. The fourth-order valence-electron chi connectivity index (χ4n) is 3.32. The first-order valence-corrected chi connectivity index (χ1v) is 9.51. The summed E-state index contributed by atoms with van der Waals surface area (Å²) in [6.45, 7) is 3.69. The molecule has 0 aliphatic carbocycles. The third-order valence-corrected chi connectivity index (χ3v) is 4.66. The number of hydrogen-bond acceptors (Lipinski definition) is 7. The second kappa shape index (κ2) is 9.71. The molecule has 1 aliphatic heterocycles. The van der Waals surface area contributed by atoms with Crippen molar-refractivity contribution in [3.8, 4) is 5.75 Å². The summed E-state index contributed by atoms with van der Waals surface area (Å²) in [4.78, 5) is 23.3. The molecule has 1 heterocycles. The molecule has 0 aromatic heterocycles. The number of allylic oxidation sites excluding steroid dienone is 2. The van der Waals surface area contributed by atoms with Gasteiger partial charge in [-0.3, -0.25) is 0 Å². The zero-order valence-electron chi connectivity index (χ0n) is 17.4. The van der Waals surface area contributed by atoms with Crippen molar-refractivity contribution in [3.05, 3.63) is 88.6 Å². The molecule has 0 fully saturated rings. The summed E-state index contributed by atoms with van der Waals surface area (Å²) >= 11 is 0. The summed E-state index contributed by atoms with van der Waals surface area (Å²) < 4.78 is 21.2. The van der Waals surface area contributed by atoms with Crippen LogP contribution in [0.4, 0.5) is 9.59 Å². The molecule has 1 aliphatic rings. The van der Waals surface area contributed by atoms with E-state index < -0.39 is 18.2 Å². The van der Waals surface area contributed by atoms with Gasteiger partial charge >= 0.3 is 12.3 Å². The average Bonchev–Trinajstić information content (AvgIpc) is 2.76. The van der Waals surface area contributed by atoms with Crippen LogP contribution in [0.3, 0.4) is 0 Å². The topological polar surface area (TPSA) is 103 Å². The normalized spacial score (nSPS) is 15.8. The van der Waals surface area contributed by atoms with E-state index in [1.165, 1.54) is 7.11 Å². The maximum absolute atomic E-state index is 11.9. The van der Waals surface area contributed by atoms with Crippen LogP contribution in [0, 0.1) is 0 Å². The molecule has 0 spiro atoms. The van der Waals surface area contributed by atoms with Gasteiger partial charge < -0.3 is 29.4 Å². The number of methoxy groups -OCH3 is 1. The van der Waals surface area contributed by atoms with Crippen molar-refractivity contribution in [2.75, 3.05) is 7.11 Å². The Hall–Kier alpha value is -3.94. The molecule has 8 heteroatoms. The van der Waals surface area contributed by atoms with Gasteiger partial charge in [-0.1, -0.05) is 48.5 Å². The summed E-state index contributed by atoms with van der Waals surface area (Å²) in [5.41, 5.74) is 2.53. The fraction of sp³-hybridized carbons (Fsp3) is 0.217. The number of rotatable bonds is 6. The molecule has 1 unspecified atom stereocenters. The molecule has 0 saturated carbocycles. The van der Waals surface area contributed by atoms with E-state index in [2.05, 4.69) is 10.1 Å². The summed E-state index contributed by atoms with van der Waals surface area (Å²) in [7, 11) is 1.19. The van der Waals surface area contributed by atoms with Gasteiger partial charge in [0.25, 0.3) is 0 Å². The van der Waals surface area contributed by atoms with Crippen molar-refractivity contribution in [1.82, 2.24) is 5.32 Å². The van der Waals surface area contributed by atoms with Crippen molar-refractivity contribution < 1.29 is 33.6 Å². The summed E-state index contributed by atoms with van der Waals surface area (Å²) in [6.07, 6.45) is -2.42. The van der Waals surface area contributed by atoms with Gasteiger partial charge in [0.1, 0.15) is 29.8 Å². The van der Waals surface area contributed by atoms with Crippen molar-refractivity contribution >= 4 is 12.3 Å². The third-order valence-electron chi connectivity index (χ3n) is 4.66. The quantitative estimate of drug-likeness (QED) is 0.631. The average molecular weight is 425 g/mol. The number of carbonyl (C=O) groups excluding carboxylic acids is 1. The molecule has 0 radical (unpaired) electrons. The van der Waals surface area contributed by atoms with Gasteiger partial charge in [0.15, 0.2) is 0 Å². The Kier molecular flexibility index (Phi) is 6.81. The zero-order valence-corrected chi connectivity index (χ0v) is 17.4. The standard InChI is InChI=1S/C23H23NO7/c1-14-20(30-22(25)26)19(21(15(2)24-14)31-23(27)28-3)17-11-7-8-12-18(17)29-13-16-9-5-4-6-10-16/h4-12,19,24H,13H2,1-3H3,(H,25,26). The maximum atomic E-state index is 11.9. The minimum atomic E-state index is -1.49. The van der Waals surface area contributed by atoms with Gasteiger partial charge in [-0.05, 0) is 25.5 Å². The molecule has 2 aromatic rings. The van der Waals surface area contributed by atoms with E-state index in [4.69, 9.17) is 14.2 Å². The molecule has 0 bridgehead atoms. The number of para-hydroxylation sites is 1. The summed E-state index contributed by atoms with van der Waals surface area (Å²) in [5, 5.41) is 12.3. The lowest BCUT2D eigenvalue weighted by molar-refractivity contribution is 0.0845. The molecule has 1 atom stereocenters. The second-order valence-corrected chi connectivity index (χ2v) is 6.77. The van der Waals surface area contributed by atoms with Crippen molar-refractivity contribution in [1.29, 1.82) is 0 Å². The highest BCUT2D eigenvalue weighted by atomic mass is 16.7. The lowest BCUT2D eigenvalue weighted by atomic mass is 9.90. The van der Waals surface area contributed by atoms with Gasteiger partial charge in [-0.2, -0.15) is 0 Å². The van der Waals surface area contributed by atoms with Crippen molar-refractivity contribution in [3.63, 3.8) is 0 Å². The van der Waals surface area contributed by atoms with Crippen LogP contribution in [-0.2, 0) is 20.8 Å². The summed E-state index contributed by atoms with van der Waals surface area (Å²) in [5.74, 6) is -0.114. The first-order chi connectivity index (χ1) is 14.9. The maximum Gasteiger partial charge on any atom is 0.513 e. The molecule has 0 saturated heterocycles. The highest BCUT2D eigenvalue weighted by Gasteiger charge is 2.36. The van der Waals surface area contributed by atoms with Crippen molar-refractivity contribution in [2.45, 2.75) is 26.4 Å². The molecule has 2 N–H and O–H groups in total. The number of hydrogen-bond donors (Lipinski definition) is 2. The largest absolute Gasteiger partial charge is 0.513 e.